The fourth-order valence-corrected chi connectivity index (χ4v) is 1.86. The average Bonchev–Trinajstić information content (AvgIpc) is 2.46. The number of hydrogen-bond donors (Lipinski definition) is 0. The fourth-order valence-electron chi connectivity index (χ4n) is 1.86. The molecule has 0 aliphatic carbocycles. The first-order valence-electron chi connectivity index (χ1n) is 6.34. The number of benzene rings is 2. The van der Waals surface area contributed by atoms with Crippen molar-refractivity contribution in [1.82, 2.24) is 0 Å². The smallest absolute Gasteiger partial charge is 0.430 e. The summed E-state index contributed by atoms with van der Waals surface area (Å²) in [6.45, 7) is 0. The Kier molecular flexibility index (Phi) is 4.73. The molecule has 24 heavy (non-hydrogen) atoms. The molecule has 0 spiro atoms. The highest BCUT2D eigenvalue weighted by Gasteiger charge is 2.59. The Bertz CT molecular complexity index is 688. The van der Waals surface area contributed by atoms with Crippen LogP contribution in [-0.2, 0) is 0 Å². The number of halogens is 8. The van der Waals surface area contributed by atoms with Crippen molar-refractivity contribution in [3.63, 3.8) is 0 Å². The van der Waals surface area contributed by atoms with Crippen LogP contribution in [0, 0.1) is 11.6 Å². The van der Waals surface area contributed by atoms with Gasteiger partial charge < -0.3 is 4.74 Å². The van der Waals surface area contributed by atoms with Gasteiger partial charge in [0.25, 0.3) is 6.17 Å². The number of ether oxygens (including phenoxy) is 1. The first kappa shape index (κ1) is 18.0. The Hall–Kier alpha value is -2.32. The van der Waals surface area contributed by atoms with Crippen molar-refractivity contribution in [1.29, 1.82) is 0 Å². The zero-order chi connectivity index (χ0) is 18.1. The summed E-state index contributed by atoms with van der Waals surface area (Å²) in [5, 5.41) is 0. The molecule has 1 unspecified atom stereocenters. The van der Waals surface area contributed by atoms with E-state index in [9.17, 15) is 35.1 Å². The standard InChI is InChI=1S/C15H8F8O/c16-10-2-1-3-11(17)12(10)8-4-6-9(7-5-8)24-15(22,23)13(18)14(19,20)21/h1-7,13H. The van der Waals surface area contributed by atoms with Gasteiger partial charge in [0.15, 0.2) is 0 Å². The van der Waals surface area contributed by atoms with Crippen LogP contribution in [0.5, 0.6) is 5.75 Å². The molecule has 0 bridgehead atoms. The largest absolute Gasteiger partial charge is 0.439 e. The summed E-state index contributed by atoms with van der Waals surface area (Å²) in [5.41, 5.74) is -0.511. The van der Waals surface area contributed by atoms with Crippen molar-refractivity contribution in [2.45, 2.75) is 18.5 Å². The highest BCUT2D eigenvalue weighted by atomic mass is 19.4. The monoisotopic (exact) mass is 356 g/mol. The predicted molar refractivity (Wildman–Crippen MR) is 68.3 cm³/mol. The van der Waals surface area contributed by atoms with E-state index >= 15 is 0 Å². The van der Waals surface area contributed by atoms with Gasteiger partial charge in [-0.3, -0.25) is 0 Å². The van der Waals surface area contributed by atoms with Crippen LogP contribution < -0.4 is 4.74 Å². The zero-order valence-corrected chi connectivity index (χ0v) is 11.6. The second kappa shape index (κ2) is 6.29. The van der Waals surface area contributed by atoms with Crippen molar-refractivity contribution in [3.8, 4) is 16.9 Å². The maximum absolute atomic E-state index is 13.6. The number of alkyl halides is 6. The normalized spacial score (nSPS) is 13.7. The molecular formula is C15H8F8O. The third-order valence-corrected chi connectivity index (χ3v) is 2.94. The van der Waals surface area contributed by atoms with E-state index in [1.807, 2.05) is 0 Å². The van der Waals surface area contributed by atoms with Gasteiger partial charge in [-0.05, 0) is 29.8 Å². The second-order valence-electron chi connectivity index (χ2n) is 4.69. The molecule has 0 aromatic heterocycles. The minimum atomic E-state index is -5.81. The molecule has 0 heterocycles. The molecule has 1 nitrogen and oxygen atoms in total. The van der Waals surface area contributed by atoms with Crippen molar-refractivity contribution in [2.24, 2.45) is 0 Å². The van der Waals surface area contributed by atoms with Gasteiger partial charge in [-0.1, -0.05) is 18.2 Å². The van der Waals surface area contributed by atoms with Crippen LogP contribution in [-0.4, -0.2) is 18.5 Å². The second-order valence-corrected chi connectivity index (χ2v) is 4.69. The molecule has 0 aliphatic rings. The molecule has 130 valence electrons. The van der Waals surface area contributed by atoms with Crippen LogP contribution in [0.25, 0.3) is 11.1 Å². The van der Waals surface area contributed by atoms with Gasteiger partial charge in [0.1, 0.15) is 17.4 Å². The lowest BCUT2D eigenvalue weighted by Crippen LogP contribution is -2.45. The molecule has 0 fully saturated rings. The van der Waals surface area contributed by atoms with Gasteiger partial charge in [-0.25, -0.2) is 13.2 Å². The van der Waals surface area contributed by atoms with Crippen LogP contribution in [0.3, 0.4) is 0 Å². The summed E-state index contributed by atoms with van der Waals surface area (Å²) >= 11 is 0. The Balaban J connectivity index is 2.24. The van der Waals surface area contributed by atoms with Gasteiger partial charge in [0, 0.05) is 0 Å². The Morgan fingerprint density at radius 1 is 0.792 bits per heavy atom. The van der Waals surface area contributed by atoms with Gasteiger partial charge in [-0.15, -0.1) is 0 Å². The topological polar surface area (TPSA) is 9.23 Å². The third-order valence-electron chi connectivity index (χ3n) is 2.94. The van der Waals surface area contributed by atoms with Crippen LogP contribution >= 0.6 is 0 Å². The molecule has 0 N–H and O–H groups in total. The Labute approximate surface area is 130 Å². The van der Waals surface area contributed by atoms with E-state index in [0.29, 0.717) is 0 Å². The molecule has 0 saturated heterocycles. The minimum absolute atomic E-state index is 0.0612. The highest BCUT2D eigenvalue weighted by molar-refractivity contribution is 5.65. The molecule has 0 amide bonds. The van der Waals surface area contributed by atoms with E-state index < -0.39 is 41.4 Å². The summed E-state index contributed by atoms with van der Waals surface area (Å²) in [6.07, 6.45) is -15.5. The lowest BCUT2D eigenvalue weighted by Gasteiger charge is -2.23. The maximum Gasteiger partial charge on any atom is 0.439 e. The molecule has 2 aromatic rings. The first-order valence-corrected chi connectivity index (χ1v) is 6.34. The molecule has 0 aliphatic heterocycles. The van der Waals surface area contributed by atoms with Gasteiger partial charge in [0.2, 0.25) is 0 Å². The van der Waals surface area contributed by atoms with Crippen LogP contribution in [0.15, 0.2) is 42.5 Å². The molecule has 2 aromatic carbocycles. The maximum atomic E-state index is 13.6. The summed E-state index contributed by atoms with van der Waals surface area (Å²) in [6, 6.07) is 6.45. The van der Waals surface area contributed by atoms with E-state index in [1.165, 1.54) is 0 Å². The van der Waals surface area contributed by atoms with Gasteiger partial charge in [-0.2, -0.15) is 22.0 Å². The van der Waals surface area contributed by atoms with Crippen molar-refractivity contribution in [3.05, 3.63) is 54.1 Å². The molecule has 0 radical (unpaired) electrons. The Morgan fingerprint density at radius 3 is 1.75 bits per heavy atom. The minimum Gasteiger partial charge on any atom is -0.430 e. The molecule has 0 saturated carbocycles. The van der Waals surface area contributed by atoms with Gasteiger partial charge >= 0.3 is 12.3 Å². The summed E-state index contributed by atoms with van der Waals surface area (Å²) in [7, 11) is 0. The molecular weight excluding hydrogens is 348 g/mol. The zero-order valence-electron chi connectivity index (χ0n) is 11.6. The van der Waals surface area contributed by atoms with Crippen molar-refractivity contribution >= 4 is 0 Å². The molecule has 1 atom stereocenters. The van der Waals surface area contributed by atoms with Crippen LogP contribution in [0.2, 0.25) is 0 Å². The third kappa shape index (κ3) is 3.77. The number of hydrogen-bond acceptors (Lipinski definition) is 1. The van der Waals surface area contributed by atoms with E-state index in [-0.39, 0.29) is 5.56 Å². The van der Waals surface area contributed by atoms with Gasteiger partial charge in [0.05, 0.1) is 5.56 Å². The summed E-state index contributed by atoms with van der Waals surface area (Å²) in [4.78, 5) is 0. The van der Waals surface area contributed by atoms with E-state index in [1.54, 1.807) is 0 Å². The van der Waals surface area contributed by atoms with E-state index in [4.69, 9.17) is 0 Å². The van der Waals surface area contributed by atoms with Crippen molar-refractivity contribution in [2.75, 3.05) is 0 Å². The summed E-state index contributed by atoms with van der Waals surface area (Å²) in [5.74, 6) is -2.64. The lowest BCUT2D eigenvalue weighted by molar-refractivity contribution is -0.304. The molecule has 2 rings (SSSR count). The van der Waals surface area contributed by atoms with Crippen LogP contribution in [0.4, 0.5) is 35.1 Å². The Morgan fingerprint density at radius 2 is 1.29 bits per heavy atom. The first-order chi connectivity index (χ1) is 11.0. The lowest BCUT2D eigenvalue weighted by atomic mass is 10.0. The van der Waals surface area contributed by atoms with Crippen molar-refractivity contribution < 1.29 is 39.9 Å². The SMILES string of the molecule is Fc1cccc(F)c1-c1ccc(OC(F)(F)C(F)C(F)(F)F)cc1. The van der Waals surface area contributed by atoms with Crippen LogP contribution in [0.1, 0.15) is 0 Å². The highest BCUT2D eigenvalue weighted by Crippen LogP contribution is 2.37. The predicted octanol–water partition coefficient (Wildman–Crippen LogP) is 5.50. The fraction of sp³-hybridized carbons (Fsp3) is 0.200. The number of rotatable bonds is 4. The average molecular weight is 356 g/mol. The quantitative estimate of drug-likeness (QED) is 0.657. The molecule has 9 heteroatoms. The summed E-state index contributed by atoms with van der Waals surface area (Å²) < 4.78 is 106. The van der Waals surface area contributed by atoms with E-state index in [2.05, 4.69) is 4.74 Å². The van der Waals surface area contributed by atoms with E-state index in [0.717, 1.165) is 42.5 Å².